The minimum atomic E-state index is 0.207. The van der Waals surface area contributed by atoms with Gasteiger partial charge in [-0.2, -0.15) is 0 Å². The van der Waals surface area contributed by atoms with Gasteiger partial charge in [0.05, 0.1) is 11.4 Å². The van der Waals surface area contributed by atoms with E-state index < -0.39 is 0 Å². The maximum absolute atomic E-state index is 8.72. The van der Waals surface area contributed by atoms with E-state index in [0.717, 1.165) is 49.7 Å². The summed E-state index contributed by atoms with van der Waals surface area (Å²) >= 11 is 0. The Kier molecular flexibility index (Phi) is 7.01. The van der Waals surface area contributed by atoms with Crippen molar-refractivity contribution in [2.75, 3.05) is 0 Å². The molecule has 0 saturated heterocycles. The number of nitrogens with zero attached hydrogens (tertiary/aromatic N) is 3. The summed E-state index contributed by atoms with van der Waals surface area (Å²) in [7, 11) is 10.8. The van der Waals surface area contributed by atoms with Gasteiger partial charge in [-0.15, -0.1) is 16.4 Å². The molecule has 2 N–H and O–H groups in total. The Morgan fingerprint density at radius 1 is 0.489 bits per heavy atom. The number of rotatable bonds is 4. The minimum Gasteiger partial charge on any atom is -0.299 e. The quantitative estimate of drug-likeness (QED) is 0.277. The van der Waals surface area contributed by atoms with Gasteiger partial charge in [0.15, 0.2) is 17.5 Å². The van der Waals surface area contributed by atoms with Crippen molar-refractivity contribution in [3.63, 3.8) is 0 Å². The van der Waals surface area contributed by atoms with Crippen LogP contribution in [0.2, 0.25) is 0 Å². The van der Waals surface area contributed by atoms with E-state index in [0.29, 0.717) is 17.5 Å². The second-order valence-corrected chi connectivity index (χ2v) is 11.8. The van der Waals surface area contributed by atoms with E-state index in [-0.39, 0.29) is 11.4 Å². The summed E-state index contributed by atoms with van der Waals surface area (Å²) in [4.78, 5) is 15.5. The van der Waals surface area contributed by atoms with E-state index >= 15 is 0 Å². The van der Waals surface area contributed by atoms with Crippen LogP contribution in [-0.2, 0) is 0 Å². The van der Waals surface area contributed by atoms with Crippen LogP contribution in [0.25, 0.3) is 62.1 Å². The third-order valence-corrected chi connectivity index (χ3v) is 9.37. The van der Waals surface area contributed by atoms with E-state index in [1.54, 1.807) is 6.08 Å². The monoisotopic (exact) mass is 573 g/mol. The summed E-state index contributed by atoms with van der Waals surface area (Å²) in [5.41, 5.74) is 13.2. The smallest absolute Gasteiger partial charge is 0.164 e. The molecule has 0 aliphatic heterocycles. The van der Waals surface area contributed by atoms with Gasteiger partial charge in [0, 0.05) is 22.3 Å². The molecule has 1 heterocycles. The zero-order chi connectivity index (χ0) is 31.4. The van der Waals surface area contributed by atoms with E-state index in [2.05, 4.69) is 81.7 Å². The van der Waals surface area contributed by atoms with Crippen molar-refractivity contribution in [3.05, 3.63) is 102 Å². The molecule has 45 heavy (non-hydrogen) atoms. The van der Waals surface area contributed by atoms with Crippen LogP contribution in [0.3, 0.4) is 0 Å². The van der Waals surface area contributed by atoms with E-state index in [4.69, 9.17) is 25.8 Å². The lowest BCUT2D eigenvalue weighted by molar-refractivity contribution is 1.08. The van der Waals surface area contributed by atoms with Crippen molar-refractivity contribution < 1.29 is 0 Å². The lowest BCUT2D eigenvalue weighted by atomic mass is 9.60. The molecular weight excluding hydrogens is 544 g/mol. The molecule has 6 aromatic rings. The first-order chi connectivity index (χ1) is 21.7. The van der Waals surface area contributed by atoms with Crippen molar-refractivity contribution in [1.82, 2.24) is 15.0 Å². The number of hydrogen-bond acceptors (Lipinski definition) is 5. The molecule has 7 rings (SSSR count). The lowest BCUT2D eigenvalue weighted by Gasteiger charge is -2.20. The highest BCUT2D eigenvalue weighted by molar-refractivity contribution is 6.68. The summed E-state index contributed by atoms with van der Waals surface area (Å²) < 4.78 is 0. The summed E-state index contributed by atoms with van der Waals surface area (Å²) in [5, 5.41) is 18.9. The van der Waals surface area contributed by atoms with Gasteiger partial charge < -0.3 is 0 Å². The van der Waals surface area contributed by atoms with Crippen LogP contribution in [0.4, 0.5) is 0 Å². The van der Waals surface area contributed by atoms with Crippen LogP contribution in [0, 0.1) is 10.8 Å². The number of aromatic nitrogens is 3. The van der Waals surface area contributed by atoms with Crippen molar-refractivity contribution in [2.24, 2.45) is 0 Å². The Labute approximate surface area is 267 Å². The molecule has 1 aliphatic carbocycles. The normalized spacial score (nSPS) is 12.4. The number of nitrogens with one attached hydrogen (secondary N) is 2. The van der Waals surface area contributed by atoms with Crippen LogP contribution in [0.1, 0.15) is 11.1 Å². The fourth-order valence-electron chi connectivity index (χ4n) is 6.40. The number of hydrogen-bond donors (Lipinski definition) is 2. The number of allylic oxidation sites excluding steroid dienone is 1. The van der Waals surface area contributed by atoms with Gasteiger partial charge in [-0.25, -0.2) is 15.0 Å². The lowest BCUT2D eigenvalue weighted by Crippen LogP contribution is -2.55. The fraction of sp³-hybridized carbons (Fsp3) is 0. The average Bonchev–Trinajstić information content (AvgIpc) is 3.08. The van der Waals surface area contributed by atoms with Crippen molar-refractivity contribution in [3.8, 4) is 45.3 Å². The maximum Gasteiger partial charge on any atom is 0.164 e. The molecule has 1 aliphatic rings. The molecule has 0 radical (unpaired) electrons. The van der Waals surface area contributed by atoms with Crippen LogP contribution < -0.4 is 27.3 Å². The second kappa shape index (κ2) is 11.0. The van der Waals surface area contributed by atoms with Gasteiger partial charge in [0.25, 0.3) is 0 Å². The second-order valence-electron chi connectivity index (χ2n) is 11.8. The largest absolute Gasteiger partial charge is 0.299 e. The van der Waals surface area contributed by atoms with Gasteiger partial charge in [0.2, 0.25) is 0 Å². The minimum absolute atomic E-state index is 0.207. The molecular formula is C35H28B5N5. The van der Waals surface area contributed by atoms with Crippen molar-refractivity contribution in [2.45, 2.75) is 0 Å². The van der Waals surface area contributed by atoms with Gasteiger partial charge in [-0.3, -0.25) is 10.8 Å². The fourth-order valence-corrected chi connectivity index (χ4v) is 6.40. The topological polar surface area (TPSA) is 86.4 Å². The summed E-state index contributed by atoms with van der Waals surface area (Å²) in [6.45, 7) is 0. The first-order valence-electron chi connectivity index (χ1n) is 15.1. The van der Waals surface area contributed by atoms with Gasteiger partial charge in [-0.1, -0.05) is 95.9 Å². The Balaban J connectivity index is 1.52. The molecule has 0 atom stereocenters. The number of benzene rings is 5. The van der Waals surface area contributed by atoms with Crippen molar-refractivity contribution >= 4 is 94.8 Å². The molecule has 0 amide bonds. The highest BCUT2D eigenvalue weighted by atomic mass is 15.0. The van der Waals surface area contributed by atoms with Crippen LogP contribution >= 0.6 is 0 Å². The molecule has 0 unspecified atom stereocenters. The Hall–Kier alpha value is -5.23. The predicted molar refractivity (Wildman–Crippen MR) is 204 cm³/mol. The molecule has 0 fully saturated rings. The van der Waals surface area contributed by atoms with Crippen LogP contribution in [-0.4, -0.2) is 65.6 Å². The summed E-state index contributed by atoms with van der Waals surface area (Å²) in [6.07, 6.45) is 3.60. The highest BCUT2D eigenvalue weighted by Crippen LogP contribution is 2.34. The van der Waals surface area contributed by atoms with E-state index in [1.807, 2.05) is 48.5 Å². The summed E-state index contributed by atoms with van der Waals surface area (Å²) in [6, 6.07) is 28.8. The molecule has 1 aromatic heterocycles. The molecule has 208 valence electrons. The van der Waals surface area contributed by atoms with Crippen molar-refractivity contribution in [1.29, 1.82) is 10.8 Å². The highest BCUT2D eigenvalue weighted by Gasteiger charge is 2.22. The third-order valence-electron chi connectivity index (χ3n) is 9.37. The zero-order valence-corrected chi connectivity index (χ0v) is 26.1. The van der Waals surface area contributed by atoms with Crippen LogP contribution in [0.5, 0.6) is 0 Å². The van der Waals surface area contributed by atoms with Crippen LogP contribution in [0.15, 0.2) is 91.0 Å². The van der Waals surface area contributed by atoms with Gasteiger partial charge >= 0.3 is 0 Å². The molecule has 5 aromatic carbocycles. The first-order valence-corrected chi connectivity index (χ1v) is 15.1. The average molecular weight is 573 g/mol. The Morgan fingerprint density at radius 2 is 1.09 bits per heavy atom. The van der Waals surface area contributed by atoms with Gasteiger partial charge in [0.1, 0.15) is 39.2 Å². The first kappa shape index (κ1) is 28.5. The molecule has 10 heteroatoms. The molecule has 5 nitrogen and oxygen atoms in total. The predicted octanol–water partition coefficient (Wildman–Crippen LogP) is -0.601. The SMILES string of the molecule is Bc1c(B)c(B)c(-c2nc(-c3ccc4ccc5c(c4c3)C(=N)C(=N)C=C5)nc(-c3ccccc3-c3ccccc3)n2)c(B)c1B. The maximum atomic E-state index is 8.72. The Morgan fingerprint density at radius 3 is 1.82 bits per heavy atom. The van der Waals surface area contributed by atoms with E-state index in [1.165, 1.54) is 27.3 Å². The zero-order valence-electron chi connectivity index (χ0n) is 26.1. The Bertz CT molecular complexity index is 2240. The van der Waals surface area contributed by atoms with Gasteiger partial charge in [-0.05, 0) is 39.6 Å². The molecule has 0 bridgehead atoms. The standard InChI is InChI=1S/C35H28B5N5/c36-27-26(28(37)30(39)31(40)29(27)38)35-44-33(43-34(45-35)22-9-5-4-8-21(22)17-6-2-1-3-7-17)20-13-11-18-10-12-19-14-15-24(41)32(42)25(19)23(18)16-20/h1-16,41-42H,36-40H2. The summed E-state index contributed by atoms with van der Waals surface area (Å²) in [5.74, 6) is 1.82. The van der Waals surface area contributed by atoms with E-state index in [9.17, 15) is 0 Å². The number of fused-ring (bicyclic) bond motifs is 3. The molecule has 0 saturated carbocycles. The third kappa shape index (κ3) is 4.78. The molecule has 0 spiro atoms.